The number of aryl methyl sites for hydroxylation is 3. The molecule has 0 bridgehead atoms. The molecule has 0 aliphatic heterocycles. The van der Waals surface area contributed by atoms with E-state index in [-0.39, 0.29) is 11.3 Å². The van der Waals surface area contributed by atoms with Crippen LogP contribution in [0, 0.1) is 13.8 Å². The molecule has 0 aliphatic rings. The summed E-state index contributed by atoms with van der Waals surface area (Å²) in [4.78, 5) is 13.2. The summed E-state index contributed by atoms with van der Waals surface area (Å²) in [6, 6.07) is 10.6. The van der Waals surface area contributed by atoms with Crippen molar-refractivity contribution >= 4 is 26.9 Å². The molecule has 4 rings (SSSR count). The van der Waals surface area contributed by atoms with Gasteiger partial charge in [0.1, 0.15) is 11.3 Å². The number of pyridine rings is 2. The molecule has 0 amide bonds. The molecular weight excluding hydrogens is 467 g/mol. The first-order valence-electron chi connectivity index (χ1n) is 10.5. The van der Waals surface area contributed by atoms with Crippen molar-refractivity contribution in [1.82, 2.24) is 19.5 Å². The zero-order chi connectivity index (χ0) is 24.7. The molecule has 0 atom stereocenters. The number of imidazole rings is 1. The lowest BCUT2D eigenvalue weighted by Crippen LogP contribution is -2.30. The van der Waals surface area contributed by atoms with Crippen molar-refractivity contribution in [2.45, 2.75) is 39.2 Å². The Balaban J connectivity index is 1.66. The molecule has 1 N–H and O–H groups in total. The van der Waals surface area contributed by atoms with E-state index in [0.717, 1.165) is 46.4 Å². The van der Waals surface area contributed by atoms with E-state index in [1.54, 1.807) is 16.9 Å². The van der Waals surface area contributed by atoms with E-state index in [2.05, 4.69) is 4.98 Å². The Kier molecular flexibility index (Phi) is 6.07. The SMILES string of the molecule is CCc1nc2cc(C)c(C)nc2n1Cc1ccc(-c2ccncc2NS(=O)(=O)C(F)(F)F)cc1. The highest BCUT2D eigenvalue weighted by Gasteiger charge is 2.46. The van der Waals surface area contributed by atoms with Crippen LogP contribution in [-0.4, -0.2) is 33.4 Å². The van der Waals surface area contributed by atoms with Crippen LogP contribution < -0.4 is 4.72 Å². The van der Waals surface area contributed by atoms with E-state index >= 15 is 0 Å². The monoisotopic (exact) mass is 489 g/mol. The van der Waals surface area contributed by atoms with Crippen LogP contribution in [0.25, 0.3) is 22.3 Å². The second kappa shape index (κ2) is 8.71. The van der Waals surface area contributed by atoms with Gasteiger partial charge < -0.3 is 4.57 Å². The number of sulfonamides is 1. The molecule has 4 aromatic rings. The number of rotatable bonds is 6. The lowest BCUT2D eigenvalue weighted by Gasteiger charge is -2.14. The van der Waals surface area contributed by atoms with E-state index in [1.807, 2.05) is 43.5 Å². The molecule has 0 spiro atoms. The van der Waals surface area contributed by atoms with Gasteiger partial charge in [0.25, 0.3) is 0 Å². The summed E-state index contributed by atoms with van der Waals surface area (Å²) in [7, 11) is -5.57. The number of benzene rings is 1. The molecule has 0 unspecified atom stereocenters. The molecule has 0 aliphatic carbocycles. The smallest absolute Gasteiger partial charge is 0.308 e. The van der Waals surface area contributed by atoms with Crippen LogP contribution in [0.2, 0.25) is 0 Å². The van der Waals surface area contributed by atoms with E-state index < -0.39 is 15.5 Å². The summed E-state index contributed by atoms with van der Waals surface area (Å²) >= 11 is 0. The van der Waals surface area contributed by atoms with Crippen molar-refractivity contribution in [3.8, 4) is 11.1 Å². The Morgan fingerprint density at radius 2 is 1.76 bits per heavy atom. The Hall–Kier alpha value is -3.47. The highest BCUT2D eigenvalue weighted by Crippen LogP contribution is 2.32. The summed E-state index contributed by atoms with van der Waals surface area (Å²) in [6.07, 6.45) is 3.16. The molecule has 7 nitrogen and oxygen atoms in total. The van der Waals surface area contributed by atoms with E-state index in [4.69, 9.17) is 9.97 Å². The molecule has 34 heavy (non-hydrogen) atoms. The number of nitrogens with zero attached hydrogens (tertiary/aromatic N) is 4. The number of halogens is 3. The van der Waals surface area contributed by atoms with Crippen molar-refractivity contribution in [3.05, 3.63) is 71.4 Å². The van der Waals surface area contributed by atoms with E-state index in [0.29, 0.717) is 12.1 Å². The zero-order valence-electron chi connectivity index (χ0n) is 18.7. The topological polar surface area (TPSA) is 89.8 Å². The summed E-state index contributed by atoms with van der Waals surface area (Å²) in [6.45, 7) is 6.48. The fraction of sp³-hybridized carbons (Fsp3) is 0.261. The highest BCUT2D eigenvalue weighted by atomic mass is 32.2. The van der Waals surface area contributed by atoms with Gasteiger partial charge in [0.15, 0.2) is 5.65 Å². The maximum absolute atomic E-state index is 12.8. The van der Waals surface area contributed by atoms with Crippen molar-refractivity contribution in [3.63, 3.8) is 0 Å². The Morgan fingerprint density at radius 1 is 1.06 bits per heavy atom. The second-order valence-electron chi connectivity index (χ2n) is 7.87. The number of fused-ring (bicyclic) bond motifs is 1. The van der Waals surface area contributed by atoms with Gasteiger partial charge in [0, 0.05) is 23.9 Å². The molecule has 0 saturated carbocycles. The maximum Gasteiger partial charge on any atom is 0.516 e. The highest BCUT2D eigenvalue weighted by molar-refractivity contribution is 7.93. The number of anilines is 1. The lowest BCUT2D eigenvalue weighted by atomic mass is 10.0. The van der Waals surface area contributed by atoms with Crippen molar-refractivity contribution in [2.24, 2.45) is 0 Å². The minimum atomic E-state index is -5.57. The van der Waals surface area contributed by atoms with Crippen LogP contribution in [0.4, 0.5) is 18.9 Å². The second-order valence-corrected chi connectivity index (χ2v) is 9.54. The normalized spacial score (nSPS) is 12.3. The van der Waals surface area contributed by atoms with Gasteiger partial charge in [0.05, 0.1) is 18.4 Å². The molecule has 3 aromatic heterocycles. The first-order chi connectivity index (χ1) is 16.0. The fourth-order valence-corrected chi connectivity index (χ4v) is 4.19. The number of alkyl halides is 3. The maximum atomic E-state index is 12.8. The quantitative estimate of drug-likeness (QED) is 0.413. The fourth-order valence-electron chi connectivity index (χ4n) is 3.62. The predicted molar refractivity (Wildman–Crippen MR) is 124 cm³/mol. The molecule has 11 heteroatoms. The minimum absolute atomic E-state index is 0.253. The van der Waals surface area contributed by atoms with Crippen molar-refractivity contribution < 1.29 is 21.6 Å². The zero-order valence-corrected chi connectivity index (χ0v) is 19.5. The van der Waals surface area contributed by atoms with Crippen LogP contribution in [0.5, 0.6) is 0 Å². The molecular formula is C23H22F3N5O2S. The summed E-state index contributed by atoms with van der Waals surface area (Å²) in [5.41, 5.74) is -0.306. The number of nitrogens with one attached hydrogen (secondary N) is 1. The summed E-state index contributed by atoms with van der Waals surface area (Å²) < 4.78 is 65.2. The van der Waals surface area contributed by atoms with Crippen LogP contribution in [0.15, 0.2) is 48.8 Å². The molecule has 3 heterocycles. The molecule has 0 radical (unpaired) electrons. The number of aromatic nitrogens is 4. The number of hydrogen-bond donors (Lipinski definition) is 1. The van der Waals surface area contributed by atoms with Gasteiger partial charge in [-0.3, -0.25) is 9.71 Å². The summed E-state index contributed by atoms with van der Waals surface area (Å²) in [5, 5.41) is 0. The van der Waals surface area contributed by atoms with Gasteiger partial charge in [0.2, 0.25) is 0 Å². The third-order valence-electron chi connectivity index (χ3n) is 5.54. The van der Waals surface area contributed by atoms with Crippen molar-refractivity contribution in [1.29, 1.82) is 0 Å². The predicted octanol–water partition coefficient (Wildman–Crippen LogP) is 4.98. The molecule has 0 saturated heterocycles. The first-order valence-corrected chi connectivity index (χ1v) is 11.9. The third kappa shape index (κ3) is 4.47. The number of hydrogen-bond acceptors (Lipinski definition) is 5. The van der Waals surface area contributed by atoms with Gasteiger partial charge in [-0.2, -0.15) is 21.6 Å². The minimum Gasteiger partial charge on any atom is -0.308 e. The van der Waals surface area contributed by atoms with E-state index in [1.165, 1.54) is 12.3 Å². The van der Waals surface area contributed by atoms with Crippen LogP contribution in [0.1, 0.15) is 29.6 Å². The van der Waals surface area contributed by atoms with Crippen LogP contribution in [-0.2, 0) is 23.0 Å². The van der Waals surface area contributed by atoms with Gasteiger partial charge in [-0.25, -0.2) is 9.97 Å². The van der Waals surface area contributed by atoms with Gasteiger partial charge in [-0.15, -0.1) is 0 Å². The van der Waals surface area contributed by atoms with Crippen LogP contribution in [0.3, 0.4) is 0 Å². The Labute approximate surface area is 194 Å². The first kappa shape index (κ1) is 23.7. The molecule has 0 fully saturated rings. The molecule has 1 aromatic carbocycles. The van der Waals surface area contributed by atoms with Gasteiger partial charge >= 0.3 is 15.5 Å². The molecule has 178 valence electrons. The van der Waals surface area contributed by atoms with Gasteiger partial charge in [-0.05, 0) is 42.7 Å². The standard InChI is InChI=1S/C23H22F3N5O2S/c1-4-21-29-19-11-14(2)15(3)28-22(19)31(21)13-16-5-7-17(8-6-16)18-9-10-27-12-20(18)30-34(32,33)23(24,25)26/h5-12,30H,4,13H2,1-3H3. The Morgan fingerprint density at radius 3 is 2.41 bits per heavy atom. The van der Waals surface area contributed by atoms with E-state index in [9.17, 15) is 21.6 Å². The largest absolute Gasteiger partial charge is 0.516 e. The average Bonchev–Trinajstić information content (AvgIpc) is 3.10. The lowest BCUT2D eigenvalue weighted by molar-refractivity contribution is -0.0429. The van der Waals surface area contributed by atoms with Crippen LogP contribution >= 0.6 is 0 Å². The third-order valence-corrected chi connectivity index (χ3v) is 6.63. The van der Waals surface area contributed by atoms with Gasteiger partial charge in [-0.1, -0.05) is 31.2 Å². The van der Waals surface area contributed by atoms with Crippen molar-refractivity contribution in [2.75, 3.05) is 4.72 Å². The summed E-state index contributed by atoms with van der Waals surface area (Å²) in [5.74, 6) is 0.898. The Bertz CT molecular complexity index is 1460. The average molecular weight is 490 g/mol.